The van der Waals surface area contributed by atoms with Crippen molar-refractivity contribution in [1.29, 1.82) is 0 Å². The van der Waals surface area contributed by atoms with E-state index in [0.717, 1.165) is 5.56 Å². The van der Waals surface area contributed by atoms with Crippen LogP contribution in [-0.2, 0) is 11.3 Å². The van der Waals surface area contributed by atoms with Crippen LogP contribution in [0.1, 0.15) is 23.5 Å². The third kappa shape index (κ3) is 4.71. The summed E-state index contributed by atoms with van der Waals surface area (Å²) in [6, 6.07) is 9.97. The van der Waals surface area contributed by atoms with Crippen molar-refractivity contribution in [3.05, 3.63) is 66.0 Å². The van der Waals surface area contributed by atoms with Crippen molar-refractivity contribution in [1.82, 2.24) is 9.88 Å². The molecule has 35 heavy (non-hydrogen) atoms. The Hall–Kier alpha value is -3.89. The van der Waals surface area contributed by atoms with Gasteiger partial charge in [-0.05, 0) is 35.4 Å². The second-order valence-corrected chi connectivity index (χ2v) is 8.08. The van der Waals surface area contributed by atoms with Crippen molar-refractivity contribution in [2.24, 2.45) is 0 Å². The molecule has 1 saturated heterocycles. The minimum absolute atomic E-state index is 0.114. The maximum absolute atomic E-state index is 12.9. The molecule has 0 aliphatic carbocycles. The predicted octanol–water partition coefficient (Wildman–Crippen LogP) is 6.00. The van der Waals surface area contributed by atoms with Gasteiger partial charge in [-0.15, -0.1) is 13.2 Å². The summed E-state index contributed by atoms with van der Waals surface area (Å²) in [6.07, 6.45) is -1.53. The highest BCUT2D eigenvalue weighted by Gasteiger charge is 2.34. The lowest BCUT2D eigenvalue weighted by atomic mass is 9.93. The molecule has 1 aliphatic heterocycles. The topological polar surface area (TPSA) is 64.8 Å². The smallest absolute Gasteiger partial charge is 0.452 e. The van der Waals surface area contributed by atoms with E-state index in [-0.39, 0.29) is 41.9 Å². The number of aromatic nitrogens is 1. The first kappa shape index (κ1) is 22.9. The van der Waals surface area contributed by atoms with Gasteiger partial charge in [-0.3, -0.25) is 9.78 Å². The number of carbonyl (C=O) groups excluding carboxylic acids is 1. The number of benzene rings is 2. The molecular weight excluding hydrogens is 475 g/mol. The van der Waals surface area contributed by atoms with Crippen LogP contribution in [0.5, 0.6) is 11.5 Å². The van der Waals surface area contributed by atoms with Crippen LogP contribution in [0.25, 0.3) is 21.9 Å². The summed E-state index contributed by atoms with van der Waals surface area (Å²) < 4.78 is 77.3. The largest absolute Gasteiger partial charge is 0.573 e. The van der Waals surface area contributed by atoms with E-state index < -0.39 is 13.0 Å². The van der Waals surface area contributed by atoms with Gasteiger partial charge in [-0.25, -0.2) is 0 Å². The number of hydrogen-bond donors (Lipinski definition) is 0. The molecule has 1 atom stereocenters. The van der Waals surface area contributed by atoms with Gasteiger partial charge in [-0.1, -0.05) is 18.2 Å². The fourth-order valence-electron chi connectivity index (χ4n) is 4.41. The molecule has 3 heterocycles. The SMILES string of the molecule is O=C1CC(c2ccc(OC(F)F)c3oc4ccncc4c23)CN1Cc1ccc(OC(F)(F)F)cc1. The predicted molar refractivity (Wildman–Crippen MR) is 114 cm³/mol. The Balaban J connectivity index is 1.42. The number of fused-ring (bicyclic) bond motifs is 3. The van der Waals surface area contributed by atoms with Gasteiger partial charge in [0.2, 0.25) is 5.91 Å². The van der Waals surface area contributed by atoms with Crippen LogP contribution in [0, 0.1) is 0 Å². The van der Waals surface area contributed by atoms with Crippen molar-refractivity contribution in [3.63, 3.8) is 0 Å². The van der Waals surface area contributed by atoms with E-state index >= 15 is 0 Å². The first-order valence-electron chi connectivity index (χ1n) is 10.5. The Morgan fingerprint density at radius 2 is 1.89 bits per heavy atom. The van der Waals surface area contributed by atoms with Gasteiger partial charge in [0, 0.05) is 48.6 Å². The standard InChI is InChI=1S/C24H17F5N2O4/c25-23(26)34-19-6-5-16(21-17-10-30-8-7-18(17)33-22(19)21)14-9-20(32)31(12-14)11-13-1-3-15(4-2-13)35-24(27,28)29/h1-8,10,14,23H,9,11-12H2. The zero-order chi connectivity index (χ0) is 24.7. The number of nitrogens with zero attached hydrogens (tertiary/aromatic N) is 2. The Bertz CT molecular complexity index is 1380. The van der Waals surface area contributed by atoms with Crippen LogP contribution in [-0.4, -0.2) is 35.3 Å². The Morgan fingerprint density at radius 3 is 2.60 bits per heavy atom. The number of hydrogen-bond acceptors (Lipinski definition) is 5. The molecule has 1 fully saturated rings. The number of halogens is 5. The summed E-state index contributed by atoms with van der Waals surface area (Å²) in [4.78, 5) is 18.5. The van der Waals surface area contributed by atoms with E-state index in [2.05, 4.69) is 14.5 Å². The van der Waals surface area contributed by atoms with Crippen LogP contribution in [0.15, 0.2) is 59.3 Å². The van der Waals surface area contributed by atoms with Crippen LogP contribution in [0.2, 0.25) is 0 Å². The third-order valence-corrected chi connectivity index (χ3v) is 5.82. The molecule has 4 aromatic rings. The highest BCUT2D eigenvalue weighted by Crippen LogP contribution is 2.42. The summed E-state index contributed by atoms with van der Waals surface area (Å²) in [7, 11) is 0. The lowest BCUT2D eigenvalue weighted by Gasteiger charge is -2.18. The summed E-state index contributed by atoms with van der Waals surface area (Å²) in [5.41, 5.74) is 1.97. The second kappa shape index (κ2) is 8.71. The van der Waals surface area contributed by atoms with Crippen molar-refractivity contribution in [2.45, 2.75) is 31.9 Å². The van der Waals surface area contributed by atoms with Gasteiger partial charge in [-0.2, -0.15) is 8.78 Å². The van der Waals surface area contributed by atoms with Crippen molar-refractivity contribution in [2.75, 3.05) is 6.54 Å². The molecule has 0 radical (unpaired) electrons. The number of amides is 1. The monoisotopic (exact) mass is 492 g/mol. The number of rotatable bonds is 6. The van der Waals surface area contributed by atoms with E-state index in [1.165, 1.54) is 36.5 Å². The fourth-order valence-corrected chi connectivity index (χ4v) is 4.41. The molecule has 2 aromatic heterocycles. The average molecular weight is 492 g/mol. The zero-order valence-corrected chi connectivity index (χ0v) is 17.9. The van der Waals surface area contributed by atoms with E-state index in [4.69, 9.17) is 4.42 Å². The maximum atomic E-state index is 12.9. The van der Waals surface area contributed by atoms with Gasteiger partial charge in [0.1, 0.15) is 11.3 Å². The number of likely N-dealkylation sites (tertiary alicyclic amines) is 1. The molecule has 5 rings (SSSR count). The molecular formula is C24H17F5N2O4. The lowest BCUT2D eigenvalue weighted by molar-refractivity contribution is -0.274. The van der Waals surface area contributed by atoms with Crippen molar-refractivity contribution < 1.29 is 40.6 Å². The zero-order valence-electron chi connectivity index (χ0n) is 17.9. The van der Waals surface area contributed by atoms with Gasteiger partial charge in [0.25, 0.3) is 0 Å². The number of pyridine rings is 1. The summed E-state index contributed by atoms with van der Waals surface area (Å²) >= 11 is 0. The Morgan fingerprint density at radius 1 is 1.11 bits per heavy atom. The van der Waals surface area contributed by atoms with E-state index in [9.17, 15) is 26.7 Å². The number of furan rings is 1. The van der Waals surface area contributed by atoms with Crippen molar-refractivity contribution in [3.8, 4) is 11.5 Å². The number of alkyl halides is 5. The molecule has 0 N–H and O–H groups in total. The highest BCUT2D eigenvalue weighted by atomic mass is 19.4. The quantitative estimate of drug-likeness (QED) is 0.309. The number of ether oxygens (including phenoxy) is 2. The molecule has 0 spiro atoms. The second-order valence-electron chi connectivity index (χ2n) is 8.08. The first-order valence-corrected chi connectivity index (χ1v) is 10.5. The summed E-state index contributed by atoms with van der Waals surface area (Å²) in [5, 5.41) is 1.17. The Labute approximate surface area is 194 Å². The third-order valence-electron chi connectivity index (χ3n) is 5.82. The van der Waals surface area contributed by atoms with Gasteiger partial charge in [0.15, 0.2) is 11.3 Å². The van der Waals surface area contributed by atoms with E-state index in [1.807, 2.05) is 0 Å². The highest BCUT2D eigenvalue weighted by molar-refractivity contribution is 6.08. The number of carbonyl (C=O) groups is 1. The molecule has 1 aliphatic rings. The molecule has 0 bridgehead atoms. The first-order chi connectivity index (χ1) is 16.7. The van der Waals surface area contributed by atoms with Gasteiger partial charge >= 0.3 is 13.0 Å². The summed E-state index contributed by atoms with van der Waals surface area (Å²) in [5.74, 6) is -0.866. The molecule has 1 unspecified atom stereocenters. The van der Waals surface area contributed by atoms with Crippen LogP contribution in [0.3, 0.4) is 0 Å². The molecule has 6 nitrogen and oxygen atoms in total. The summed E-state index contributed by atoms with van der Waals surface area (Å²) in [6.45, 7) is -2.51. The molecule has 1 amide bonds. The van der Waals surface area contributed by atoms with Crippen LogP contribution >= 0.6 is 0 Å². The minimum Gasteiger partial charge on any atom is -0.452 e. The van der Waals surface area contributed by atoms with E-state index in [1.54, 1.807) is 23.2 Å². The van der Waals surface area contributed by atoms with Crippen LogP contribution in [0.4, 0.5) is 22.0 Å². The molecule has 11 heteroatoms. The van der Waals surface area contributed by atoms with E-state index in [0.29, 0.717) is 28.5 Å². The average Bonchev–Trinajstić information content (AvgIpc) is 3.35. The minimum atomic E-state index is -4.78. The maximum Gasteiger partial charge on any atom is 0.573 e. The van der Waals surface area contributed by atoms with Crippen molar-refractivity contribution >= 4 is 27.8 Å². The molecule has 2 aromatic carbocycles. The molecule has 0 saturated carbocycles. The normalized spacial score (nSPS) is 16.6. The lowest BCUT2D eigenvalue weighted by Crippen LogP contribution is -2.24. The van der Waals surface area contributed by atoms with Crippen LogP contribution < -0.4 is 9.47 Å². The molecule has 182 valence electrons. The van der Waals surface area contributed by atoms with Gasteiger partial charge in [0.05, 0.1) is 0 Å². The fraction of sp³-hybridized carbons (Fsp3) is 0.250. The Kier molecular flexibility index (Phi) is 5.70. The van der Waals surface area contributed by atoms with Gasteiger partial charge < -0.3 is 18.8 Å².